The number of hydrogen-bond donors (Lipinski definition) is 2. The van der Waals surface area contributed by atoms with Crippen molar-refractivity contribution in [3.8, 4) is 0 Å². The minimum atomic E-state index is -3.62. The number of benzene rings is 2. The molecule has 2 amide bonds. The Morgan fingerprint density at radius 1 is 0.933 bits per heavy atom. The summed E-state index contributed by atoms with van der Waals surface area (Å²) in [7, 11) is -3.62. The van der Waals surface area contributed by atoms with Crippen molar-refractivity contribution in [1.29, 1.82) is 0 Å². The van der Waals surface area contributed by atoms with E-state index in [1.54, 1.807) is 30.3 Å². The number of nitrogens with zero attached hydrogens (tertiary/aromatic N) is 1. The SMILES string of the molecule is Cc1cc(C)c(S(=O)(=O)N2CCC(C(=O)NNC(=O)c3ccccc3)CC2)c(C)c1. The minimum absolute atomic E-state index is 0.264. The van der Waals surface area contributed by atoms with Crippen molar-refractivity contribution >= 4 is 21.8 Å². The first-order chi connectivity index (χ1) is 14.2. The van der Waals surface area contributed by atoms with Gasteiger partial charge < -0.3 is 0 Å². The first kappa shape index (κ1) is 22.0. The fourth-order valence-electron chi connectivity index (χ4n) is 3.94. The topological polar surface area (TPSA) is 95.6 Å². The molecule has 0 radical (unpaired) electrons. The molecule has 0 atom stereocenters. The molecule has 30 heavy (non-hydrogen) atoms. The number of carbonyl (C=O) groups excluding carboxylic acids is 2. The highest BCUT2D eigenvalue weighted by atomic mass is 32.2. The molecule has 1 heterocycles. The number of carbonyl (C=O) groups is 2. The van der Waals surface area contributed by atoms with Gasteiger partial charge in [-0.2, -0.15) is 4.31 Å². The quantitative estimate of drug-likeness (QED) is 0.730. The van der Waals surface area contributed by atoms with E-state index in [1.807, 2.05) is 32.9 Å². The zero-order chi connectivity index (χ0) is 21.9. The number of amides is 2. The van der Waals surface area contributed by atoms with Crippen LogP contribution in [0.3, 0.4) is 0 Å². The number of rotatable bonds is 4. The van der Waals surface area contributed by atoms with Crippen molar-refractivity contribution in [1.82, 2.24) is 15.2 Å². The van der Waals surface area contributed by atoms with Crippen LogP contribution >= 0.6 is 0 Å². The Morgan fingerprint density at radius 3 is 2.07 bits per heavy atom. The van der Waals surface area contributed by atoms with Crippen LogP contribution in [0.5, 0.6) is 0 Å². The second-order valence-electron chi connectivity index (χ2n) is 7.72. The molecule has 0 aromatic heterocycles. The van der Waals surface area contributed by atoms with Crippen LogP contribution in [0.4, 0.5) is 0 Å². The Labute approximate surface area is 177 Å². The Morgan fingerprint density at radius 2 is 1.50 bits per heavy atom. The summed E-state index contributed by atoms with van der Waals surface area (Å²) in [6.07, 6.45) is 0.798. The van der Waals surface area contributed by atoms with Crippen molar-refractivity contribution < 1.29 is 18.0 Å². The lowest BCUT2D eigenvalue weighted by Gasteiger charge is -2.31. The van der Waals surface area contributed by atoms with Gasteiger partial charge in [0.05, 0.1) is 4.90 Å². The predicted octanol–water partition coefficient (Wildman–Crippen LogP) is 2.47. The zero-order valence-electron chi connectivity index (χ0n) is 17.4. The van der Waals surface area contributed by atoms with E-state index in [0.29, 0.717) is 23.3 Å². The van der Waals surface area contributed by atoms with Crippen molar-refractivity contribution in [2.45, 2.75) is 38.5 Å². The highest BCUT2D eigenvalue weighted by Gasteiger charge is 2.33. The molecule has 2 aromatic rings. The third-order valence-electron chi connectivity index (χ3n) is 5.36. The van der Waals surface area contributed by atoms with Gasteiger partial charge in [-0.05, 0) is 56.9 Å². The molecule has 2 N–H and O–H groups in total. The van der Waals surface area contributed by atoms with Crippen LogP contribution in [0.25, 0.3) is 0 Å². The van der Waals surface area contributed by atoms with Crippen molar-refractivity contribution in [2.75, 3.05) is 13.1 Å². The van der Waals surface area contributed by atoms with Gasteiger partial charge in [0.25, 0.3) is 5.91 Å². The van der Waals surface area contributed by atoms with Crippen LogP contribution in [0, 0.1) is 26.7 Å². The molecule has 160 valence electrons. The van der Waals surface area contributed by atoms with E-state index in [-0.39, 0.29) is 24.9 Å². The maximum Gasteiger partial charge on any atom is 0.269 e. The van der Waals surface area contributed by atoms with E-state index in [1.165, 1.54) is 4.31 Å². The lowest BCUT2D eigenvalue weighted by Crippen LogP contribution is -2.48. The van der Waals surface area contributed by atoms with Crippen LogP contribution in [0.15, 0.2) is 47.4 Å². The van der Waals surface area contributed by atoms with Gasteiger partial charge >= 0.3 is 0 Å². The zero-order valence-corrected chi connectivity index (χ0v) is 18.3. The number of piperidine rings is 1. The fraction of sp³-hybridized carbons (Fsp3) is 0.364. The van der Waals surface area contributed by atoms with E-state index in [0.717, 1.165) is 16.7 Å². The summed E-state index contributed by atoms with van der Waals surface area (Å²) in [4.78, 5) is 24.8. The van der Waals surface area contributed by atoms with Crippen molar-refractivity contribution in [3.05, 3.63) is 64.7 Å². The molecule has 2 aromatic carbocycles. The number of aryl methyl sites for hydroxylation is 3. The van der Waals surface area contributed by atoms with Crippen LogP contribution in [0.1, 0.15) is 39.9 Å². The molecule has 3 rings (SSSR count). The lowest BCUT2D eigenvalue weighted by atomic mass is 9.98. The van der Waals surface area contributed by atoms with Crippen LogP contribution in [0.2, 0.25) is 0 Å². The summed E-state index contributed by atoms with van der Waals surface area (Å²) in [6.45, 7) is 6.09. The molecule has 1 saturated heterocycles. The lowest BCUT2D eigenvalue weighted by molar-refractivity contribution is -0.126. The van der Waals surface area contributed by atoms with E-state index in [9.17, 15) is 18.0 Å². The largest absolute Gasteiger partial charge is 0.273 e. The van der Waals surface area contributed by atoms with Gasteiger partial charge in [-0.3, -0.25) is 20.4 Å². The van der Waals surface area contributed by atoms with Gasteiger partial charge in [0.1, 0.15) is 0 Å². The second-order valence-corrected chi connectivity index (χ2v) is 9.59. The molecular formula is C22H27N3O4S. The molecular weight excluding hydrogens is 402 g/mol. The third-order valence-corrected chi connectivity index (χ3v) is 7.57. The Bertz CT molecular complexity index is 1020. The van der Waals surface area contributed by atoms with Gasteiger partial charge in [0.2, 0.25) is 15.9 Å². The Kier molecular flexibility index (Phi) is 6.58. The summed E-state index contributed by atoms with van der Waals surface area (Å²) in [5.74, 6) is -1.05. The summed E-state index contributed by atoms with van der Waals surface area (Å²) >= 11 is 0. The fourth-order valence-corrected chi connectivity index (χ4v) is 5.82. The molecule has 1 aliphatic rings. The van der Waals surface area contributed by atoms with Gasteiger partial charge in [0, 0.05) is 24.6 Å². The molecule has 0 spiro atoms. The molecule has 1 fully saturated rings. The van der Waals surface area contributed by atoms with Crippen molar-refractivity contribution in [3.63, 3.8) is 0 Å². The summed E-state index contributed by atoms with van der Waals surface area (Å²) < 4.78 is 27.8. The van der Waals surface area contributed by atoms with Crippen LogP contribution < -0.4 is 10.9 Å². The van der Waals surface area contributed by atoms with Gasteiger partial charge in [-0.25, -0.2) is 8.42 Å². The third kappa shape index (κ3) is 4.71. The molecule has 1 aliphatic heterocycles. The Balaban J connectivity index is 1.59. The number of hydrogen-bond acceptors (Lipinski definition) is 4. The highest BCUT2D eigenvalue weighted by Crippen LogP contribution is 2.28. The van der Waals surface area contributed by atoms with Gasteiger partial charge in [-0.1, -0.05) is 35.9 Å². The average molecular weight is 430 g/mol. The monoisotopic (exact) mass is 429 g/mol. The van der Waals surface area contributed by atoms with E-state index in [2.05, 4.69) is 10.9 Å². The second kappa shape index (κ2) is 8.97. The van der Waals surface area contributed by atoms with E-state index < -0.39 is 15.9 Å². The molecule has 0 aliphatic carbocycles. The number of nitrogens with one attached hydrogen (secondary N) is 2. The summed E-state index contributed by atoms with van der Waals surface area (Å²) in [6, 6.07) is 12.3. The molecule has 8 heteroatoms. The van der Waals surface area contributed by atoms with Crippen LogP contribution in [-0.2, 0) is 14.8 Å². The standard InChI is InChI=1S/C22H27N3O4S/c1-15-13-16(2)20(17(3)14-15)30(28,29)25-11-9-19(10-12-25)22(27)24-23-21(26)18-7-5-4-6-8-18/h4-8,13-14,19H,9-12H2,1-3H3,(H,23,26)(H,24,27). The molecule has 0 unspecified atom stereocenters. The van der Waals surface area contributed by atoms with Gasteiger partial charge in [0.15, 0.2) is 0 Å². The van der Waals surface area contributed by atoms with E-state index >= 15 is 0 Å². The van der Waals surface area contributed by atoms with E-state index in [4.69, 9.17) is 0 Å². The molecule has 0 bridgehead atoms. The number of sulfonamides is 1. The normalized spacial score (nSPS) is 15.6. The first-order valence-electron chi connectivity index (χ1n) is 9.93. The van der Waals surface area contributed by atoms with Crippen LogP contribution in [-0.4, -0.2) is 37.6 Å². The highest BCUT2D eigenvalue weighted by molar-refractivity contribution is 7.89. The minimum Gasteiger partial charge on any atom is -0.273 e. The number of hydrazine groups is 1. The predicted molar refractivity (Wildman–Crippen MR) is 114 cm³/mol. The molecule has 7 nitrogen and oxygen atoms in total. The molecule has 0 saturated carbocycles. The van der Waals surface area contributed by atoms with Crippen molar-refractivity contribution in [2.24, 2.45) is 5.92 Å². The smallest absolute Gasteiger partial charge is 0.269 e. The maximum absolute atomic E-state index is 13.2. The van der Waals surface area contributed by atoms with Gasteiger partial charge in [-0.15, -0.1) is 0 Å². The maximum atomic E-state index is 13.2. The Hall–Kier alpha value is -2.71. The average Bonchev–Trinajstić information content (AvgIpc) is 2.71. The summed E-state index contributed by atoms with van der Waals surface area (Å²) in [5, 5.41) is 0. The summed E-state index contributed by atoms with van der Waals surface area (Å²) in [5.41, 5.74) is 7.80. The first-order valence-corrected chi connectivity index (χ1v) is 11.4.